The number of carboxylic acids is 1. The second kappa shape index (κ2) is 4.88. The summed E-state index contributed by atoms with van der Waals surface area (Å²) in [6.07, 6.45) is 1.57. The number of aryl methyl sites for hydroxylation is 1. The Balaban J connectivity index is 2.50. The molecule has 0 atom stereocenters. The molecule has 1 rings (SSSR count). The zero-order chi connectivity index (χ0) is 10.4. The quantitative estimate of drug-likeness (QED) is 0.436. The number of aliphatic carboxylic acids is 1. The Hall–Kier alpha value is -2.01. The first kappa shape index (κ1) is 10.1. The van der Waals surface area contributed by atoms with Crippen molar-refractivity contribution in [3.63, 3.8) is 0 Å². The van der Waals surface area contributed by atoms with Gasteiger partial charge in [0.2, 0.25) is 0 Å². The average molecular weight is 196 g/mol. The minimum atomic E-state index is -0.903. The molecule has 1 aromatic heterocycles. The van der Waals surface area contributed by atoms with E-state index >= 15 is 0 Å². The largest absolute Gasteiger partial charge is 0.481 e. The summed E-state index contributed by atoms with van der Waals surface area (Å²) in [7, 11) is 0. The van der Waals surface area contributed by atoms with E-state index in [9.17, 15) is 4.79 Å². The van der Waals surface area contributed by atoms with Gasteiger partial charge in [-0.3, -0.25) is 4.79 Å². The van der Waals surface area contributed by atoms with E-state index in [1.54, 1.807) is 0 Å². The van der Waals surface area contributed by atoms with Crippen molar-refractivity contribution in [2.75, 3.05) is 0 Å². The lowest BCUT2D eigenvalue weighted by atomic mass is 10.3. The van der Waals surface area contributed by atoms with Gasteiger partial charge in [-0.25, -0.2) is 4.98 Å². The lowest BCUT2D eigenvalue weighted by molar-refractivity contribution is -0.137. The summed E-state index contributed by atoms with van der Waals surface area (Å²) in [5.41, 5.74) is 8.54. The molecule has 0 radical (unpaired) electrons. The Kier molecular flexibility index (Phi) is 3.51. The molecule has 0 bridgehead atoms. The van der Waals surface area contributed by atoms with E-state index in [1.807, 2.05) is 0 Å². The average Bonchev–Trinajstić information content (AvgIpc) is 2.59. The predicted molar refractivity (Wildman–Crippen MR) is 45.3 cm³/mol. The van der Waals surface area contributed by atoms with Crippen molar-refractivity contribution in [3.05, 3.63) is 28.3 Å². The maximum atomic E-state index is 10.2. The molecule has 0 aliphatic carbocycles. The highest BCUT2D eigenvalue weighted by Gasteiger charge is 2.05. The first-order chi connectivity index (χ1) is 6.72. The highest BCUT2D eigenvalue weighted by atomic mass is 16.4. The molecule has 0 aromatic carbocycles. The first-order valence-corrected chi connectivity index (χ1v) is 3.88. The van der Waals surface area contributed by atoms with E-state index in [-0.39, 0.29) is 19.4 Å². The first-order valence-electron chi connectivity index (χ1n) is 3.88. The fraction of sp³-hybridized carbons (Fsp3) is 0.429. The molecule has 0 saturated carbocycles. The zero-order valence-electron chi connectivity index (χ0n) is 7.25. The molecule has 0 unspecified atom stereocenters. The Morgan fingerprint density at radius 1 is 1.79 bits per heavy atom. The molecule has 1 aromatic rings. The molecule has 0 aliphatic heterocycles. The van der Waals surface area contributed by atoms with Crippen LogP contribution in [0.4, 0.5) is 0 Å². The smallest absolute Gasteiger partial charge is 0.303 e. The van der Waals surface area contributed by atoms with Gasteiger partial charge in [0, 0.05) is 11.3 Å². The van der Waals surface area contributed by atoms with Gasteiger partial charge in [-0.2, -0.15) is 0 Å². The van der Waals surface area contributed by atoms with Gasteiger partial charge < -0.3 is 9.52 Å². The number of carbonyl (C=O) groups is 1. The van der Waals surface area contributed by atoms with Gasteiger partial charge in [-0.15, -0.1) is 0 Å². The van der Waals surface area contributed by atoms with Crippen LogP contribution in [-0.4, -0.2) is 16.1 Å². The van der Waals surface area contributed by atoms with Crippen molar-refractivity contribution in [3.8, 4) is 0 Å². The van der Waals surface area contributed by atoms with Gasteiger partial charge in [0.05, 0.1) is 18.7 Å². The van der Waals surface area contributed by atoms with Crippen molar-refractivity contribution >= 4 is 5.97 Å². The van der Waals surface area contributed by atoms with Gasteiger partial charge in [0.15, 0.2) is 5.89 Å². The fourth-order valence-electron chi connectivity index (χ4n) is 0.854. The Morgan fingerprint density at radius 3 is 3.21 bits per heavy atom. The van der Waals surface area contributed by atoms with Gasteiger partial charge in [0.25, 0.3) is 0 Å². The zero-order valence-corrected chi connectivity index (χ0v) is 7.25. The monoisotopic (exact) mass is 196 g/mol. The summed E-state index contributed by atoms with van der Waals surface area (Å²) in [6.45, 7) is 0.118. The van der Waals surface area contributed by atoms with Crippen LogP contribution in [0.5, 0.6) is 0 Å². The van der Waals surface area contributed by atoms with E-state index in [0.29, 0.717) is 11.6 Å². The standard InChI is InChI=1S/C7H8N4O3/c8-11-9-3-5-4-14-6(10-5)1-2-7(12)13/h4H,1-3H2,(H,12,13). The molecule has 1 N–H and O–H groups in total. The van der Waals surface area contributed by atoms with Crippen LogP contribution in [0.2, 0.25) is 0 Å². The van der Waals surface area contributed by atoms with Crippen molar-refractivity contribution in [2.45, 2.75) is 19.4 Å². The van der Waals surface area contributed by atoms with Crippen LogP contribution in [0.1, 0.15) is 18.0 Å². The lowest BCUT2D eigenvalue weighted by Gasteiger charge is -1.88. The van der Waals surface area contributed by atoms with E-state index in [2.05, 4.69) is 15.0 Å². The molecule has 14 heavy (non-hydrogen) atoms. The third-order valence-electron chi connectivity index (χ3n) is 1.45. The maximum absolute atomic E-state index is 10.2. The number of aromatic nitrogens is 1. The number of hydrogen-bond acceptors (Lipinski definition) is 4. The van der Waals surface area contributed by atoms with E-state index in [4.69, 9.17) is 15.1 Å². The van der Waals surface area contributed by atoms with Gasteiger partial charge >= 0.3 is 5.97 Å². The van der Waals surface area contributed by atoms with Crippen LogP contribution in [0, 0.1) is 0 Å². The van der Waals surface area contributed by atoms with Crippen molar-refractivity contribution in [1.82, 2.24) is 4.98 Å². The van der Waals surface area contributed by atoms with Gasteiger partial charge in [-0.1, -0.05) is 5.11 Å². The minimum Gasteiger partial charge on any atom is -0.481 e. The van der Waals surface area contributed by atoms with Crippen molar-refractivity contribution < 1.29 is 14.3 Å². The predicted octanol–water partition coefficient (Wildman–Crippen LogP) is 1.50. The molecule has 74 valence electrons. The van der Waals surface area contributed by atoms with E-state index in [1.165, 1.54) is 6.26 Å². The number of oxazole rings is 1. The topological polar surface area (TPSA) is 112 Å². The highest BCUT2D eigenvalue weighted by molar-refractivity contribution is 5.66. The highest BCUT2D eigenvalue weighted by Crippen LogP contribution is 2.05. The summed E-state index contributed by atoms with van der Waals surface area (Å²) in [5, 5.41) is 11.7. The normalized spacial score (nSPS) is 9.43. The molecule has 0 saturated heterocycles. The molecule has 7 heteroatoms. The molecule has 0 spiro atoms. The van der Waals surface area contributed by atoms with E-state index < -0.39 is 5.97 Å². The molecule has 0 amide bonds. The number of nitrogens with zero attached hydrogens (tertiary/aromatic N) is 4. The molecule has 7 nitrogen and oxygen atoms in total. The number of rotatable bonds is 5. The van der Waals surface area contributed by atoms with Crippen molar-refractivity contribution in [1.29, 1.82) is 0 Å². The van der Waals surface area contributed by atoms with Crippen LogP contribution in [0.25, 0.3) is 10.4 Å². The maximum Gasteiger partial charge on any atom is 0.303 e. The molecule has 0 fully saturated rings. The molecule has 0 aliphatic rings. The second-order valence-electron chi connectivity index (χ2n) is 2.52. The summed E-state index contributed by atoms with van der Waals surface area (Å²) in [5.74, 6) is -0.560. The third-order valence-corrected chi connectivity index (χ3v) is 1.45. The van der Waals surface area contributed by atoms with Crippen LogP contribution in [0.3, 0.4) is 0 Å². The second-order valence-corrected chi connectivity index (χ2v) is 2.52. The molecular weight excluding hydrogens is 188 g/mol. The van der Waals surface area contributed by atoms with Crippen LogP contribution in [-0.2, 0) is 17.8 Å². The fourth-order valence-corrected chi connectivity index (χ4v) is 0.854. The Morgan fingerprint density at radius 2 is 2.57 bits per heavy atom. The van der Waals surface area contributed by atoms with Gasteiger partial charge in [-0.05, 0) is 5.53 Å². The molecule has 1 heterocycles. The van der Waals surface area contributed by atoms with Crippen LogP contribution < -0.4 is 0 Å². The van der Waals surface area contributed by atoms with Crippen LogP contribution >= 0.6 is 0 Å². The van der Waals surface area contributed by atoms with Gasteiger partial charge in [0.1, 0.15) is 6.26 Å². The number of hydrogen-bond donors (Lipinski definition) is 1. The third kappa shape index (κ3) is 3.16. The van der Waals surface area contributed by atoms with Crippen molar-refractivity contribution in [2.24, 2.45) is 5.11 Å². The van der Waals surface area contributed by atoms with Crippen LogP contribution in [0.15, 0.2) is 15.8 Å². The molecular formula is C7H8N4O3. The minimum absolute atomic E-state index is 0.0263. The lowest BCUT2D eigenvalue weighted by Crippen LogP contribution is -1.97. The summed E-state index contributed by atoms with van der Waals surface area (Å²) < 4.78 is 4.95. The Bertz CT molecular complexity index is 367. The number of carboxylic acid groups (broad SMARTS) is 1. The SMILES string of the molecule is [N-]=[N+]=NCc1coc(CCC(=O)O)n1. The van der Waals surface area contributed by atoms with E-state index in [0.717, 1.165) is 0 Å². The summed E-state index contributed by atoms with van der Waals surface area (Å²) >= 11 is 0. The summed E-state index contributed by atoms with van der Waals surface area (Å²) in [4.78, 5) is 16.7. The Labute approximate surface area is 79.0 Å². The number of azide groups is 1. The summed E-state index contributed by atoms with van der Waals surface area (Å²) in [6, 6.07) is 0.